The molecule has 9 heteroatoms. The van der Waals surface area contributed by atoms with Gasteiger partial charge in [-0.25, -0.2) is 0 Å². The highest BCUT2D eigenvalue weighted by atomic mass is 19.4. The lowest BCUT2D eigenvalue weighted by atomic mass is 9.94. The normalized spacial score (nSPS) is 14.2. The molecule has 0 spiro atoms. The Morgan fingerprint density at radius 1 is 0.625 bits per heavy atom. The lowest BCUT2D eigenvalue weighted by Crippen LogP contribution is -2.61. The molecule has 0 nitrogen and oxygen atoms in total. The Morgan fingerprint density at radius 2 is 1.17 bits per heavy atom. The average Bonchev–Trinajstić information content (AvgIpc) is 2.45. The fraction of sp³-hybridized carbons (Fsp3) is 0.267. The van der Waals surface area contributed by atoms with Gasteiger partial charge in [0, 0.05) is 0 Å². The van der Waals surface area contributed by atoms with Crippen molar-refractivity contribution >= 4 is 10.8 Å². The Morgan fingerprint density at radius 3 is 1.75 bits per heavy atom. The molecule has 0 heterocycles. The Hall–Kier alpha value is -1.93. The number of benzene rings is 2. The summed E-state index contributed by atoms with van der Waals surface area (Å²) in [6, 6.07) is 9.11. The van der Waals surface area contributed by atoms with Gasteiger partial charge in [-0.15, -0.1) is 0 Å². The van der Waals surface area contributed by atoms with Gasteiger partial charge in [-0.1, -0.05) is 42.5 Å². The lowest BCUT2D eigenvalue weighted by Gasteiger charge is -2.33. The predicted molar refractivity (Wildman–Crippen MR) is 68.2 cm³/mol. The van der Waals surface area contributed by atoms with E-state index in [4.69, 9.17) is 0 Å². The number of hydrogen-bond acceptors (Lipinski definition) is 0. The van der Waals surface area contributed by atoms with Crippen LogP contribution in [0.4, 0.5) is 39.5 Å². The predicted octanol–water partition coefficient (Wildman–Crippen LogP) is 5.86. The zero-order chi connectivity index (χ0) is 18.4. The maximum atomic E-state index is 13.7. The molecule has 0 bridgehead atoms. The smallest absolute Gasteiger partial charge is 0.199 e. The maximum absolute atomic E-state index is 13.7. The van der Waals surface area contributed by atoms with E-state index in [0.717, 1.165) is 6.07 Å². The largest absolute Gasteiger partial charge is 0.460 e. The van der Waals surface area contributed by atoms with Crippen LogP contribution >= 0.6 is 0 Å². The molecule has 0 fully saturated rings. The first kappa shape index (κ1) is 18.4. The number of alkyl halides is 9. The standard InChI is InChI=1S/C15H8F9/c16-12(17,13(18,19)14(20,21)15(22,23)24)8-10-6-3-5-9-4-1-2-7-11(9)10/h1-8H. The summed E-state index contributed by atoms with van der Waals surface area (Å²) in [5.74, 6) is -19.3. The minimum Gasteiger partial charge on any atom is -0.199 e. The molecule has 2 rings (SSSR count). The molecular formula is C15H8F9. The molecule has 0 aromatic heterocycles. The van der Waals surface area contributed by atoms with E-state index in [9.17, 15) is 39.5 Å². The summed E-state index contributed by atoms with van der Waals surface area (Å²) >= 11 is 0. The Bertz CT molecular complexity index is 726. The van der Waals surface area contributed by atoms with Crippen LogP contribution in [-0.2, 0) is 0 Å². The molecule has 0 aliphatic carbocycles. The van der Waals surface area contributed by atoms with E-state index in [1.165, 1.54) is 36.4 Å². The van der Waals surface area contributed by atoms with Crippen molar-refractivity contribution in [3.63, 3.8) is 0 Å². The summed E-state index contributed by atoms with van der Waals surface area (Å²) in [5, 5.41) is 0.332. The fourth-order valence-corrected chi connectivity index (χ4v) is 2.05. The molecule has 0 atom stereocenters. The van der Waals surface area contributed by atoms with E-state index in [1.807, 2.05) is 0 Å². The van der Waals surface area contributed by atoms with E-state index < -0.39 is 35.9 Å². The van der Waals surface area contributed by atoms with Crippen LogP contribution in [0.1, 0.15) is 5.56 Å². The van der Waals surface area contributed by atoms with Crippen molar-refractivity contribution in [1.29, 1.82) is 0 Å². The second kappa shape index (κ2) is 5.56. The van der Waals surface area contributed by atoms with E-state index >= 15 is 0 Å². The van der Waals surface area contributed by atoms with Gasteiger partial charge in [0.1, 0.15) is 0 Å². The third-order valence-corrected chi connectivity index (χ3v) is 3.33. The van der Waals surface area contributed by atoms with Crippen LogP contribution in [-0.4, -0.2) is 23.9 Å². The van der Waals surface area contributed by atoms with Gasteiger partial charge >= 0.3 is 23.9 Å². The Balaban J connectivity index is 2.47. The number of fused-ring (bicyclic) bond motifs is 1. The summed E-state index contributed by atoms with van der Waals surface area (Å²) in [5.41, 5.74) is -0.587. The molecule has 2 aromatic rings. The fourth-order valence-electron chi connectivity index (χ4n) is 2.05. The zero-order valence-corrected chi connectivity index (χ0v) is 11.5. The summed E-state index contributed by atoms with van der Waals surface area (Å²) < 4.78 is 116. The Kier molecular flexibility index (Phi) is 4.26. The van der Waals surface area contributed by atoms with Gasteiger partial charge in [0.25, 0.3) is 0 Å². The molecule has 0 unspecified atom stereocenters. The van der Waals surface area contributed by atoms with Gasteiger partial charge in [0.2, 0.25) is 0 Å². The molecule has 0 aliphatic heterocycles. The van der Waals surface area contributed by atoms with Crippen LogP contribution < -0.4 is 0 Å². The van der Waals surface area contributed by atoms with Gasteiger partial charge in [-0.2, -0.15) is 39.5 Å². The van der Waals surface area contributed by atoms with Crippen molar-refractivity contribution in [1.82, 2.24) is 0 Å². The summed E-state index contributed by atoms with van der Waals surface area (Å²) in [6.45, 7) is 0. The minimum atomic E-state index is -6.90. The van der Waals surface area contributed by atoms with Crippen LogP contribution in [0.15, 0.2) is 42.5 Å². The molecule has 1 radical (unpaired) electrons. The molecule has 131 valence electrons. The van der Waals surface area contributed by atoms with Crippen LogP contribution in [0.5, 0.6) is 0 Å². The van der Waals surface area contributed by atoms with E-state index in [1.54, 1.807) is 0 Å². The van der Waals surface area contributed by atoms with Crippen LogP contribution in [0, 0.1) is 6.42 Å². The molecule has 0 saturated carbocycles. The van der Waals surface area contributed by atoms with E-state index in [-0.39, 0.29) is 5.39 Å². The number of halogens is 9. The van der Waals surface area contributed by atoms with Crippen LogP contribution in [0.25, 0.3) is 10.8 Å². The highest BCUT2D eigenvalue weighted by Gasteiger charge is 2.81. The molecule has 2 aromatic carbocycles. The lowest BCUT2D eigenvalue weighted by molar-refractivity contribution is -0.390. The highest BCUT2D eigenvalue weighted by Crippen LogP contribution is 2.54. The molecule has 24 heavy (non-hydrogen) atoms. The molecule has 0 N–H and O–H groups in total. The van der Waals surface area contributed by atoms with Gasteiger partial charge < -0.3 is 0 Å². The van der Waals surface area contributed by atoms with Gasteiger partial charge in [0.15, 0.2) is 0 Å². The summed E-state index contributed by atoms with van der Waals surface area (Å²) in [4.78, 5) is 0. The van der Waals surface area contributed by atoms with Crippen molar-refractivity contribution in [2.24, 2.45) is 0 Å². The Labute approximate surface area is 129 Å². The molecule has 0 saturated heterocycles. The van der Waals surface area contributed by atoms with Crippen LogP contribution in [0.2, 0.25) is 0 Å². The first-order chi connectivity index (χ1) is 10.8. The van der Waals surface area contributed by atoms with E-state index in [0.29, 0.717) is 5.39 Å². The van der Waals surface area contributed by atoms with Crippen LogP contribution in [0.3, 0.4) is 0 Å². The maximum Gasteiger partial charge on any atom is 0.460 e. The summed E-state index contributed by atoms with van der Waals surface area (Å²) in [6.07, 6.45) is -7.40. The second-order valence-corrected chi connectivity index (χ2v) is 4.98. The molecular weight excluding hydrogens is 351 g/mol. The van der Waals surface area contributed by atoms with Crippen molar-refractivity contribution in [3.05, 3.63) is 54.4 Å². The number of hydrogen-bond donors (Lipinski definition) is 0. The van der Waals surface area contributed by atoms with Gasteiger partial charge in [0.05, 0.1) is 6.42 Å². The van der Waals surface area contributed by atoms with Crippen molar-refractivity contribution in [2.75, 3.05) is 0 Å². The third kappa shape index (κ3) is 2.80. The number of rotatable bonds is 4. The highest BCUT2D eigenvalue weighted by molar-refractivity contribution is 5.86. The molecule has 0 amide bonds. The topological polar surface area (TPSA) is 0 Å². The minimum absolute atomic E-state index is 0.00537. The average molecular weight is 359 g/mol. The van der Waals surface area contributed by atoms with Gasteiger partial charge in [-0.3, -0.25) is 0 Å². The van der Waals surface area contributed by atoms with E-state index in [2.05, 4.69) is 0 Å². The van der Waals surface area contributed by atoms with Crippen molar-refractivity contribution in [2.45, 2.75) is 23.9 Å². The SMILES string of the molecule is FC(F)(F)C(F)(F)C(F)(F)C(F)(F)[CH]c1cccc2ccccc12. The van der Waals surface area contributed by atoms with Crippen molar-refractivity contribution < 1.29 is 39.5 Å². The zero-order valence-electron chi connectivity index (χ0n) is 11.5. The van der Waals surface area contributed by atoms with Crippen molar-refractivity contribution in [3.8, 4) is 0 Å². The molecule has 0 aliphatic rings. The summed E-state index contributed by atoms with van der Waals surface area (Å²) in [7, 11) is 0. The monoisotopic (exact) mass is 359 g/mol. The first-order valence-corrected chi connectivity index (χ1v) is 6.35. The second-order valence-electron chi connectivity index (χ2n) is 4.98. The van der Waals surface area contributed by atoms with Gasteiger partial charge in [-0.05, 0) is 16.3 Å². The quantitative estimate of drug-likeness (QED) is 0.600. The first-order valence-electron chi connectivity index (χ1n) is 6.35. The third-order valence-electron chi connectivity index (χ3n) is 3.33.